The van der Waals surface area contributed by atoms with Crippen molar-refractivity contribution in [2.24, 2.45) is 11.7 Å². The minimum Gasteiger partial charge on any atom is -0.367 e. The Kier molecular flexibility index (Phi) is 4.58. The first-order valence-corrected chi connectivity index (χ1v) is 7.35. The SMILES string of the molecule is CCOC1(c2noc(C(N)CC)n2)CCCC(C)C1. The van der Waals surface area contributed by atoms with Gasteiger partial charge in [-0.05, 0) is 38.5 Å². The average Bonchev–Trinajstić information content (AvgIpc) is 2.88. The molecule has 1 fully saturated rings. The van der Waals surface area contributed by atoms with Crippen molar-refractivity contribution < 1.29 is 9.26 Å². The summed E-state index contributed by atoms with van der Waals surface area (Å²) in [7, 11) is 0. The summed E-state index contributed by atoms with van der Waals surface area (Å²) in [5.41, 5.74) is 5.57. The first-order chi connectivity index (χ1) is 9.11. The van der Waals surface area contributed by atoms with Gasteiger partial charge in [0.15, 0.2) is 0 Å². The Morgan fingerprint density at radius 3 is 2.95 bits per heavy atom. The minimum atomic E-state index is -0.373. The molecule has 5 heteroatoms. The smallest absolute Gasteiger partial charge is 0.243 e. The van der Waals surface area contributed by atoms with Gasteiger partial charge >= 0.3 is 0 Å². The number of ether oxygens (including phenoxy) is 1. The second-order valence-corrected chi connectivity index (χ2v) is 5.60. The zero-order valence-corrected chi connectivity index (χ0v) is 12.2. The van der Waals surface area contributed by atoms with Crippen molar-refractivity contribution >= 4 is 0 Å². The van der Waals surface area contributed by atoms with E-state index in [-0.39, 0.29) is 11.6 Å². The Labute approximate surface area is 114 Å². The lowest BCUT2D eigenvalue weighted by atomic mass is 9.78. The fourth-order valence-corrected chi connectivity index (χ4v) is 2.92. The molecule has 3 atom stereocenters. The second-order valence-electron chi connectivity index (χ2n) is 5.60. The van der Waals surface area contributed by atoms with E-state index in [9.17, 15) is 0 Å². The maximum Gasteiger partial charge on any atom is 0.243 e. The third kappa shape index (κ3) is 2.98. The monoisotopic (exact) mass is 267 g/mol. The summed E-state index contributed by atoms with van der Waals surface area (Å²) >= 11 is 0. The van der Waals surface area contributed by atoms with Crippen molar-refractivity contribution in [3.63, 3.8) is 0 Å². The number of hydrogen-bond acceptors (Lipinski definition) is 5. The van der Waals surface area contributed by atoms with E-state index in [0.717, 1.165) is 25.7 Å². The van der Waals surface area contributed by atoms with Gasteiger partial charge in [0, 0.05) is 6.61 Å². The maximum absolute atomic E-state index is 6.03. The van der Waals surface area contributed by atoms with E-state index in [4.69, 9.17) is 15.0 Å². The normalized spacial score (nSPS) is 29.4. The van der Waals surface area contributed by atoms with Gasteiger partial charge in [-0.15, -0.1) is 0 Å². The molecule has 0 radical (unpaired) electrons. The summed E-state index contributed by atoms with van der Waals surface area (Å²) in [4.78, 5) is 4.50. The van der Waals surface area contributed by atoms with Crippen molar-refractivity contribution in [3.8, 4) is 0 Å². The summed E-state index contributed by atoms with van der Waals surface area (Å²) in [6.07, 6.45) is 5.10. The lowest BCUT2D eigenvalue weighted by molar-refractivity contribution is -0.0891. The van der Waals surface area contributed by atoms with Gasteiger partial charge in [0.05, 0.1) is 6.04 Å². The van der Waals surface area contributed by atoms with Crippen molar-refractivity contribution in [2.75, 3.05) is 6.61 Å². The van der Waals surface area contributed by atoms with Crippen LogP contribution in [-0.2, 0) is 10.3 Å². The zero-order chi connectivity index (χ0) is 13.9. The Morgan fingerprint density at radius 2 is 2.32 bits per heavy atom. The topological polar surface area (TPSA) is 74.2 Å². The van der Waals surface area contributed by atoms with E-state index in [0.29, 0.717) is 24.2 Å². The van der Waals surface area contributed by atoms with Crippen LogP contribution >= 0.6 is 0 Å². The summed E-state index contributed by atoms with van der Waals surface area (Å²) in [6, 6.07) is -0.180. The van der Waals surface area contributed by atoms with Crippen molar-refractivity contribution in [3.05, 3.63) is 11.7 Å². The molecule has 2 N–H and O–H groups in total. The van der Waals surface area contributed by atoms with Gasteiger partial charge in [0.1, 0.15) is 5.60 Å². The molecule has 1 aliphatic carbocycles. The molecule has 0 aliphatic heterocycles. The van der Waals surface area contributed by atoms with Crippen LogP contribution in [0.5, 0.6) is 0 Å². The van der Waals surface area contributed by atoms with Gasteiger partial charge in [0.2, 0.25) is 11.7 Å². The van der Waals surface area contributed by atoms with Crippen LogP contribution in [0.4, 0.5) is 0 Å². The van der Waals surface area contributed by atoms with Gasteiger partial charge in [-0.1, -0.05) is 25.4 Å². The summed E-state index contributed by atoms with van der Waals surface area (Å²) in [6.45, 7) is 6.94. The molecule has 19 heavy (non-hydrogen) atoms. The molecule has 1 aromatic heterocycles. The molecule has 1 heterocycles. The highest BCUT2D eigenvalue weighted by atomic mass is 16.5. The van der Waals surface area contributed by atoms with Crippen LogP contribution in [0, 0.1) is 5.92 Å². The van der Waals surface area contributed by atoms with Crippen LogP contribution < -0.4 is 5.73 Å². The second kappa shape index (κ2) is 6.01. The highest BCUT2D eigenvalue weighted by Gasteiger charge is 2.41. The highest BCUT2D eigenvalue weighted by molar-refractivity contribution is 5.05. The lowest BCUT2D eigenvalue weighted by Gasteiger charge is -2.37. The van der Waals surface area contributed by atoms with E-state index in [2.05, 4.69) is 17.1 Å². The van der Waals surface area contributed by atoms with Crippen molar-refractivity contribution in [1.29, 1.82) is 0 Å². The molecular formula is C14H25N3O2. The fraction of sp³-hybridized carbons (Fsp3) is 0.857. The predicted molar refractivity (Wildman–Crippen MR) is 72.5 cm³/mol. The zero-order valence-electron chi connectivity index (χ0n) is 12.2. The summed E-state index contributed by atoms with van der Waals surface area (Å²) in [5.74, 6) is 1.83. The van der Waals surface area contributed by atoms with Crippen LogP contribution in [0.15, 0.2) is 4.52 Å². The van der Waals surface area contributed by atoms with Crippen LogP contribution in [0.3, 0.4) is 0 Å². The van der Waals surface area contributed by atoms with Crippen molar-refractivity contribution in [1.82, 2.24) is 10.1 Å². The molecule has 108 valence electrons. The molecule has 0 aromatic carbocycles. The van der Waals surface area contributed by atoms with Gasteiger partial charge < -0.3 is 15.0 Å². The minimum absolute atomic E-state index is 0.180. The molecule has 2 rings (SSSR count). The summed E-state index contributed by atoms with van der Waals surface area (Å²) in [5, 5.41) is 4.14. The number of aromatic nitrogens is 2. The quantitative estimate of drug-likeness (QED) is 0.887. The molecule has 0 spiro atoms. The van der Waals surface area contributed by atoms with E-state index >= 15 is 0 Å². The number of rotatable bonds is 5. The van der Waals surface area contributed by atoms with Crippen LogP contribution in [0.1, 0.15) is 70.6 Å². The van der Waals surface area contributed by atoms with E-state index in [1.807, 2.05) is 13.8 Å². The van der Waals surface area contributed by atoms with Crippen LogP contribution in [0.25, 0.3) is 0 Å². The van der Waals surface area contributed by atoms with Crippen LogP contribution in [-0.4, -0.2) is 16.7 Å². The van der Waals surface area contributed by atoms with Gasteiger partial charge in [-0.2, -0.15) is 4.98 Å². The van der Waals surface area contributed by atoms with Gasteiger partial charge in [0.25, 0.3) is 0 Å². The number of hydrogen-bond donors (Lipinski definition) is 1. The molecule has 5 nitrogen and oxygen atoms in total. The molecule has 1 aromatic rings. The summed E-state index contributed by atoms with van der Waals surface area (Å²) < 4.78 is 11.3. The largest absolute Gasteiger partial charge is 0.367 e. The Morgan fingerprint density at radius 1 is 1.53 bits per heavy atom. The lowest BCUT2D eigenvalue weighted by Crippen LogP contribution is -2.36. The van der Waals surface area contributed by atoms with Gasteiger partial charge in [-0.25, -0.2) is 0 Å². The highest BCUT2D eigenvalue weighted by Crippen LogP contribution is 2.41. The van der Waals surface area contributed by atoms with Crippen molar-refractivity contribution in [2.45, 2.75) is 64.5 Å². The molecule has 0 bridgehead atoms. The molecule has 1 aliphatic rings. The molecule has 3 unspecified atom stereocenters. The first-order valence-electron chi connectivity index (χ1n) is 7.35. The predicted octanol–water partition coefficient (Wildman–Crippen LogP) is 2.92. The molecular weight excluding hydrogens is 242 g/mol. The van der Waals surface area contributed by atoms with Gasteiger partial charge in [-0.3, -0.25) is 0 Å². The Balaban J connectivity index is 2.25. The van der Waals surface area contributed by atoms with E-state index < -0.39 is 0 Å². The molecule has 0 amide bonds. The number of nitrogens with two attached hydrogens (primary N) is 1. The maximum atomic E-state index is 6.03. The molecule has 0 saturated heterocycles. The third-order valence-corrected chi connectivity index (χ3v) is 3.98. The van der Waals surface area contributed by atoms with E-state index in [1.165, 1.54) is 6.42 Å². The third-order valence-electron chi connectivity index (χ3n) is 3.98. The fourth-order valence-electron chi connectivity index (χ4n) is 2.92. The first kappa shape index (κ1) is 14.5. The Bertz CT molecular complexity index is 403. The van der Waals surface area contributed by atoms with E-state index in [1.54, 1.807) is 0 Å². The standard InChI is InChI=1S/C14H25N3O2/c1-4-11(15)12-16-13(17-19-12)14(18-5-2)8-6-7-10(3)9-14/h10-11H,4-9,15H2,1-3H3. The Hall–Kier alpha value is -0.940. The average molecular weight is 267 g/mol. The molecule has 1 saturated carbocycles. The van der Waals surface area contributed by atoms with Crippen LogP contribution in [0.2, 0.25) is 0 Å². The number of nitrogens with zero attached hydrogens (tertiary/aromatic N) is 2.